The predicted octanol–water partition coefficient (Wildman–Crippen LogP) is 3.21. The van der Waals surface area contributed by atoms with E-state index in [4.69, 9.17) is 0 Å². The van der Waals surface area contributed by atoms with Gasteiger partial charge in [-0.3, -0.25) is 9.59 Å². The molecule has 224 valence electrons. The lowest BCUT2D eigenvalue weighted by Crippen LogP contribution is -2.30. The molecular formula is C27H31FN6O6S2. The predicted molar refractivity (Wildman–Crippen MR) is 155 cm³/mol. The summed E-state index contributed by atoms with van der Waals surface area (Å²) in [6, 6.07) is 11.2. The van der Waals surface area contributed by atoms with Gasteiger partial charge in [0.25, 0.3) is 10.0 Å². The van der Waals surface area contributed by atoms with Crippen molar-refractivity contribution in [2.75, 3.05) is 16.4 Å². The standard InChI is InChI=1S/C27H31FN6O6S2/c1-3-24(35)34-42(39,40)23-14-20(7-4-17(23)2)32-27-30-16-22(28)26(33-27)31-19-8-5-18(6-9-19)15-29-25(36)12-13-41(37,38)21-10-11-21/h4-9,14,16,21H,3,10-13,15H2,1-2H3,(H,29,36)(H,34,35)(H2,30,31,32,33). The average Bonchev–Trinajstić information content (AvgIpc) is 3.81. The molecule has 1 heterocycles. The van der Waals surface area contributed by atoms with Crippen LogP contribution < -0.4 is 20.7 Å². The number of sulfonamides is 1. The highest BCUT2D eigenvalue weighted by Gasteiger charge is 2.35. The average molecular weight is 619 g/mol. The Morgan fingerprint density at radius 2 is 1.67 bits per heavy atom. The van der Waals surface area contributed by atoms with Crippen molar-refractivity contribution < 1.29 is 30.8 Å². The Bertz CT molecular complexity index is 1690. The number of aromatic nitrogens is 2. The van der Waals surface area contributed by atoms with Crippen molar-refractivity contribution in [1.29, 1.82) is 0 Å². The van der Waals surface area contributed by atoms with Crippen LogP contribution in [0.25, 0.3) is 0 Å². The number of carbonyl (C=O) groups is 2. The van der Waals surface area contributed by atoms with Crippen LogP contribution in [0.1, 0.15) is 43.7 Å². The van der Waals surface area contributed by atoms with Gasteiger partial charge in [-0.25, -0.2) is 30.9 Å². The molecule has 42 heavy (non-hydrogen) atoms. The maximum Gasteiger partial charge on any atom is 0.264 e. The highest BCUT2D eigenvalue weighted by Crippen LogP contribution is 2.29. The van der Waals surface area contributed by atoms with Crippen LogP contribution in [0.4, 0.5) is 27.5 Å². The number of hydrogen-bond donors (Lipinski definition) is 4. The number of sulfone groups is 1. The first-order chi connectivity index (χ1) is 19.9. The smallest absolute Gasteiger partial charge is 0.264 e. The molecule has 12 nitrogen and oxygen atoms in total. The zero-order valence-corrected chi connectivity index (χ0v) is 24.6. The molecule has 0 saturated heterocycles. The minimum Gasteiger partial charge on any atom is -0.352 e. The number of carbonyl (C=O) groups excluding carboxylic acids is 2. The van der Waals surface area contributed by atoms with Crippen LogP contribution in [0, 0.1) is 12.7 Å². The second-order valence-corrected chi connectivity index (χ2v) is 13.8. The fourth-order valence-corrected chi connectivity index (χ4v) is 6.83. The normalized spacial score (nSPS) is 13.3. The maximum atomic E-state index is 14.5. The molecule has 1 saturated carbocycles. The molecule has 1 aromatic heterocycles. The Kier molecular flexibility index (Phi) is 9.41. The van der Waals surface area contributed by atoms with E-state index in [2.05, 4.69) is 25.9 Å². The number of hydrogen-bond acceptors (Lipinski definition) is 10. The summed E-state index contributed by atoms with van der Waals surface area (Å²) in [4.78, 5) is 31.7. The van der Waals surface area contributed by atoms with Crippen LogP contribution in [-0.4, -0.2) is 49.6 Å². The van der Waals surface area contributed by atoms with Crippen LogP contribution in [0.5, 0.6) is 0 Å². The molecule has 15 heteroatoms. The molecule has 1 aliphatic carbocycles. The molecule has 0 radical (unpaired) electrons. The van der Waals surface area contributed by atoms with E-state index in [0.29, 0.717) is 29.8 Å². The Morgan fingerprint density at radius 1 is 0.976 bits per heavy atom. The van der Waals surface area contributed by atoms with Crippen molar-refractivity contribution in [3.63, 3.8) is 0 Å². The van der Waals surface area contributed by atoms with E-state index in [0.717, 1.165) is 11.8 Å². The molecule has 0 spiro atoms. The van der Waals surface area contributed by atoms with Gasteiger partial charge in [0.1, 0.15) is 0 Å². The lowest BCUT2D eigenvalue weighted by atomic mass is 10.2. The van der Waals surface area contributed by atoms with E-state index in [-0.39, 0.29) is 53.0 Å². The fourth-order valence-electron chi connectivity index (χ4n) is 3.85. The van der Waals surface area contributed by atoms with Crippen LogP contribution in [0.15, 0.2) is 53.6 Å². The van der Waals surface area contributed by atoms with Crippen molar-refractivity contribution in [1.82, 2.24) is 20.0 Å². The van der Waals surface area contributed by atoms with Gasteiger partial charge in [-0.2, -0.15) is 4.98 Å². The van der Waals surface area contributed by atoms with Gasteiger partial charge in [0.15, 0.2) is 21.5 Å². The van der Waals surface area contributed by atoms with Gasteiger partial charge in [-0.05, 0) is 55.2 Å². The number of rotatable bonds is 13. The summed E-state index contributed by atoms with van der Waals surface area (Å²) in [5, 5.41) is 8.10. The number of benzene rings is 2. The molecule has 1 aliphatic rings. The third-order valence-electron chi connectivity index (χ3n) is 6.40. The lowest BCUT2D eigenvalue weighted by molar-refractivity contribution is -0.121. The summed E-state index contributed by atoms with van der Waals surface area (Å²) in [7, 11) is -7.29. The van der Waals surface area contributed by atoms with Gasteiger partial charge < -0.3 is 16.0 Å². The number of halogens is 1. The number of anilines is 4. The Morgan fingerprint density at radius 3 is 2.33 bits per heavy atom. The van der Waals surface area contributed by atoms with E-state index < -0.39 is 31.6 Å². The quantitative estimate of drug-likeness (QED) is 0.222. The summed E-state index contributed by atoms with van der Waals surface area (Å²) in [6.45, 7) is 3.33. The molecule has 4 N–H and O–H groups in total. The molecule has 2 aromatic carbocycles. The van der Waals surface area contributed by atoms with Gasteiger partial charge in [0.2, 0.25) is 17.8 Å². The van der Waals surface area contributed by atoms with Crippen LogP contribution in [0.3, 0.4) is 0 Å². The summed E-state index contributed by atoms with van der Waals surface area (Å²) < 4.78 is 65.6. The first-order valence-electron chi connectivity index (χ1n) is 13.2. The maximum absolute atomic E-state index is 14.5. The van der Waals surface area contributed by atoms with Crippen molar-refractivity contribution in [3.05, 3.63) is 65.6 Å². The molecule has 0 atom stereocenters. The molecule has 0 bridgehead atoms. The number of amides is 2. The minimum atomic E-state index is -4.10. The zero-order valence-electron chi connectivity index (χ0n) is 23.0. The number of nitrogens with one attached hydrogen (secondary N) is 4. The third-order valence-corrected chi connectivity index (χ3v) is 10.2. The van der Waals surface area contributed by atoms with Gasteiger partial charge >= 0.3 is 0 Å². The molecular weight excluding hydrogens is 587 g/mol. The zero-order chi connectivity index (χ0) is 30.5. The topological polar surface area (TPSA) is 176 Å². The molecule has 2 amide bonds. The first-order valence-corrected chi connectivity index (χ1v) is 16.4. The highest BCUT2D eigenvalue weighted by molar-refractivity contribution is 7.92. The summed E-state index contributed by atoms with van der Waals surface area (Å²) in [5.74, 6) is -2.03. The second-order valence-electron chi connectivity index (χ2n) is 9.79. The van der Waals surface area contributed by atoms with E-state index in [1.807, 2.05) is 4.72 Å². The summed E-state index contributed by atoms with van der Waals surface area (Å²) in [5.41, 5.74) is 1.98. The first kappa shape index (κ1) is 30.8. The van der Waals surface area contributed by atoms with Crippen LogP contribution in [-0.2, 0) is 36.0 Å². The summed E-state index contributed by atoms with van der Waals surface area (Å²) >= 11 is 0. The van der Waals surface area contributed by atoms with Crippen molar-refractivity contribution in [2.45, 2.75) is 56.2 Å². The van der Waals surface area contributed by atoms with Crippen molar-refractivity contribution >= 4 is 54.8 Å². The monoisotopic (exact) mass is 618 g/mol. The fraction of sp³-hybridized carbons (Fsp3) is 0.333. The van der Waals surface area contributed by atoms with Crippen molar-refractivity contribution in [3.8, 4) is 0 Å². The Hall–Kier alpha value is -4.11. The molecule has 0 unspecified atom stereocenters. The molecule has 0 aliphatic heterocycles. The van der Waals surface area contributed by atoms with E-state index >= 15 is 0 Å². The molecule has 1 fully saturated rings. The van der Waals surface area contributed by atoms with Gasteiger partial charge in [0.05, 0.1) is 22.1 Å². The van der Waals surface area contributed by atoms with E-state index in [1.165, 1.54) is 13.0 Å². The summed E-state index contributed by atoms with van der Waals surface area (Å²) in [6.07, 6.45) is 2.21. The van der Waals surface area contributed by atoms with Gasteiger partial charge in [0, 0.05) is 30.8 Å². The SMILES string of the molecule is CCC(=O)NS(=O)(=O)c1cc(Nc2ncc(F)c(Nc3ccc(CNC(=O)CCS(=O)(=O)C4CC4)cc3)n2)ccc1C. The molecule has 3 aromatic rings. The lowest BCUT2D eigenvalue weighted by Gasteiger charge is -2.13. The van der Waals surface area contributed by atoms with Gasteiger partial charge in [-0.1, -0.05) is 25.1 Å². The number of nitrogens with zero attached hydrogens (tertiary/aromatic N) is 2. The van der Waals surface area contributed by atoms with E-state index in [1.54, 1.807) is 43.3 Å². The molecule has 4 rings (SSSR count). The highest BCUT2D eigenvalue weighted by atomic mass is 32.2. The Balaban J connectivity index is 1.37. The second kappa shape index (κ2) is 12.8. The van der Waals surface area contributed by atoms with Crippen LogP contribution >= 0.6 is 0 Å². The Labute approximate surface area is 243 Å². The minimum absolute atomic E-state index is 0.00325. The van der Waals surface area contributed by atoms with E-state index in [9.17, 15) is 30.8 Å². The van der Waals surface area contributed by atoms with Crippen LogP contribution in [0.2, 0.25) is 0 Å². The largest absolute Gasteiger partial charge is 0.352 e. The van der Waals surface area contributed by atoms with Gasteiger partial charge in [-0.15, -0.1) is 0 Å². The van der Waals surface area contributed by atoms with Crippen molar-refractivity contribution in [2.24, 2.45) is 0 Å². The third kappa shape index (κ3) is 8.22. The number of aryl methyl sites for hydroxylation is 1.